The van der Waals surface area contributed by atoms with E-state index < -0.39 is 6.61 Å². The van der Waals surface area contributed by atoms with Crippen molar-refractivity contribution in [1.82, 2.24) is 0 Å². The largest absolute Gasteiger partial charge is 0.493 e. The lowest BCUT2D eigenvalue weighted by molar-refractivity contribution is -0.117. The molecule has 0 aliphatic rings. The molecule has 0 saturated carbocycles. The Morgan fingerprint density at radius 2 is 1.74 bits per heavy atom. The van der Waals surface area contributed by atoms with Crippen molar-refractivity contribution in [3.05, 3.63) is 23.3 Å². The minimum atomic E-state index is -3.05. The van der Waals surface area contributed by atoms with Crippen molar-refractivity contribution in [2.24, 2.45) is 5.92 Å². The van der Waals surface area contributed by atoms with E-state index in [1.54, 1.807) is 13.8 Å². The highest BCUT2D eigenvalue weighted by atomic mass is 19.3. The molecular weight excluding hydrogens is 308 g/mol. The topological polar surface area (TPSA) is 68.5 Å². The standard InChI is InChI=1S/C16H17F2NO4/c1-9(2)14(20)11(8-19)5-10-6-12(21-3)15(23-16(17)18)13(7-10)22-4/h5-7,9,16H,1-4H3/b11-5-. The number of methoxy groups -OCH3 is 2. The average Bonchev–Trinajstić information content (AvgIpc) is 2.51. The quantitative estimate of drug-likeness (QED) is 0.567. The third-order valence-corrected chi connectivity index (χ3v) is 2.91. The maximum Gasteiger partial charge on any atom is 0.387 e. The lowest BCUT2D eigenvalue weighted by Crippen LogP contribution is -2.09. The molecule has 0 aliphatic carbocycles. The molecule has 0 bridgehead atoms. The zero-order valence-electron chi connectivity index (χ0n) is 13.2. The molecule has 5 nitrogen and oxygen atoms in total. The summed E-state index contributed by atoms with van der Waals surface area (Å²) in [6.07, 6.45) is 1.35. The number of benzene rings is 1. The number of rotatable bonds is 7. The van der Waals surface area contributed by atoms with Crippen LogP contribution in [0.2, 0.25) is 0 Å². The highest BCUT2D eigenvalue weighted by Gasteiger charge is 2.19. The molecule has 0 saturated heterocycles. The Hall–Kier alpha value is -2.62. The second-order valence-corrected chi connectivity index (χ2v) is 4.82. The molecule has 0 aliphatic heterocycles. The third-order valence-electron chi connectivity index (χ3n) is 2.91. The van der Waals surface area contributed by atoms with Crippen LogP contribution in [0.3, 0.4) is 0 Å². The van der Waals surface area contributed by atoms with Crippen LogP contribution < -0.4 is 14.2 Å². The highest BCUT2D eigenvalue weighted by molar-refractivity contribution is 6.04. The number of allylic oxidation sites excluding steroid dienone is 1. The summed E-state index contributed by atoms with van der Waals surface area (Å²) in [5.41, 5.74) is 0.345. The number of ether oxygens (including phenoxy) is 3. The van der Waals surface area contributed by atoms with Crippen LogP contribution in [0, 0.1) is 17.2 Å². The molecule has 1 aromatic rings. The first-order valence-corrected chi connectivity index (χ1v) is 6.70. The number of Topliss-reactive ketones (excluding diaryl/α,β-unsaturated/α-hetero) is 1. The summed E-state index contributed by atoms with van der Waals surface area (Å²) in [4.78, 5) is 11.9. The van der Waals surface area contributed by atoms with Gasteiger partial charge in [-0.05, 0) is 23.8 Å². The Bertz CT molecular complexity index is 623. The van der Waals surface area contributed by atoms with E-state index in [9.17, 15) is 13.6 Å². The van der Waals surface area contributed by atoms with Crippen molar-refractivity contribution in [3.8, 4) is 23.3 Å². The smallest absolute Gasteiger partial charge is 0.387 e. The molecule has 0 radical (unpaired) electrons. The first kappa shape index (κ1) is 18.4. The van der Waals surface area contributed by atoms with Crippen LogP contribution in [0.1, 0.15) is 19.4 Å². The molecule has 1 rings (SSSR count). The maximum atomic E-state index is 12.5. The van der Waals surface area contributed by atoms with Gasteiger partial charge in [0.05, 0.1) is 19.8 Å². The van der Waals surface area contributed by atoms with Gasteiger partial charge in [-0.1, -0.05) is 13.8 Å². The first-order chi connectivity index (χ1) is 10.8. The molecule has 23 heavy (non-hydrogen) atoms. The van der Waals surface area contributed by atoms with Gasteiger partial charge < -0.3 is 14.2 Å². The third kappa shape index (κ3) is 4.68. The molecule has 0 heterocycles. The van der Waals surface area contributed by atoms with Crippen LogP contribution in [0.5, 0.6) is 17.2 Å². The number of carbonyl (C=O) groups is 1. The van der Waals surface area contributed by atoms with Crippen molar-refractivity contribution in [2.75, 3.05) is 14.2 Å². The fraction of sp³-hybridized carbons (Fsp3) is 0.375. The predicted octanol–water partition coefficient (Wildman–Crippen LogP) is 3.44. The molecule has 1 aromatic carbocycles. The molecule has 0 amide bonds. The monoisotopic (exact) mass is 325 g/mol. The van der Waals surface area contributed by atoms with Gasteiger partial charge in [-0.15, -0.1) is 0 Å². The summed E-state index contributed by atoms with van der Waals surface area (Å²) < 4.78 is 39.4. The lowest BCUT2D eigenvalue weighted by Gasteiger charge is -2.14. The maximum absolute atomic E-state index is 12.5. The summed E-state index contributed by atoms with van der Waals surface area (Å²) in [5, 5.41) is 9.11. The number of nitrogens with zero attached hydrogens (tertiary/aromatic N) is 1. The van der Waals surface area contributed by atoms with Gasteiger partial charge in [-0.3, -0.25) is 4.79 Å². The lowest BCUT2D eigenvalue weighted by atomic mass is 9.99. The van der Waals surface area contributed by atoms with E-state index >= 15 is 0 Å². The second kappa shape index (κ2) is 8.13. The van der Waals surface area contributed by atoms with Crippen molar-refractivity contribution < 1.29 is 27.8 Å². The normalized spacial score (nSPS) is 11.3. The molecule has 0 N–H and O–H groups in total. The Balaban J connectivity index is 3.39. The first-order valence-electron chi connectivity index (χ1n) is 6.70. The van der Waals surface area contributed by atoms with Gasteiger partial charge in [0.25, 0.3) is 0 Å². The zero-order valence-corrected chi connectivity index (χ0v) is 13.2. The van der Waals surface area contributed by atoms with Crippen molar-refractivity contribution >= 4 is 11.9 Å². The Morgan fingerprint density at radius 3 is 2.09 bits per heavy atom. The number of carbonyl (C=O) groups excluding carboxylic acids is 1. The van der Waals surface area contributed by atoms with Crippen LogP contribution in [-0.4, -0.2) is 26.6 Å². The SMILES string of the molecule is COc1cc(/C=C(/C#N)C(=O)C(C)C)cc(OC)c1OC(F)F. The molecule has 0 fully saturated rings. The molecule has 0 unspecified atom stereocenters. The van der Waals surface area contributed by atoms with Crippen LogP contribution in [-0.2, 0) is 4.79 Å². The molecule has 7 heteroatoms. The van der Waals surface area contributed by atoms with E-state index in [-0.39, 0.29) is 34.5 Å². The zero-order chi connectivity index (χ0) is 17.6. The minimum absolute atomic E-state index is 0.00480. The predicted molar refractivity (Wildman–Crippen MR) is 79.6 cm³/mol. The van der Waals surface area contributed by atoms with E-state index in [0.717, 1.165) is 0 Å². The Morgan fingerprint density at radius 1 is 1.22 bits per heavy atom. The van der Waals surface area contributed by atoms with Gasteiger partial charge in [0.15, 0.2) is 17.3 Å². The van der Waals surface area contributed by atoms with E-state index in [2.05, 4.69) is 4.74 Å². The average molecular weight is 325 g/mol. The van der Waals surface area contributed by atoms with Gasteiger partial charge in [-0.2, -0.15) is 14.0 Å². The second-order valence-electron chi connectivity index (χ2n) is 4.82. The molecular formula is C16H17F2NO4. The van der Waals surface area contributed by atoms with Gasteiger partial charge in [0, 0.05) is 5.92 Å². The molecule has 0 aromatic heterocycles. The summed E-state index contributed by atoms with van der Waals surface area (Å²) >= 11 is 0. The number of alkyl halides is 2. The van der Waals surface area contributed by atoms with E-state index in [1.165, 1.54) is 32.4 Å². The van der Waals surface area contributed by atoms with Crippen molar-refractivity contribution in [3.63, 3.8) is 0 Å². The summed E-state index contributed by atoms with van der Waals surface area (Å²) in [5.74, 6) is -0.907. The number of hydrogen-bond acceptors (Lipinski definition) is 5. The molecule has 124 valence electrons. The van der Waals surface area contributed by atoms with Gasteiger partial charge >= 0.3 is 6.61 Å². The highest BCUT2D eigenvalue weighted by Crippen LogP contribution is 2.40. The Labute approximate surface area is 133 Å². The summed E-state index contributed by atoms with van der Waals surface area (Å²) in [6, 6.07) is 4.59. The fourth-order valence-corrected chi connectivity index (χ4v) is 1.82. The Kier molecular flexibility index (Phi) is 6.51. The van der Waals surface area contributed by atoms with E-state index in [1.807, 2.05) is 6.07 Å². The van der Waals surface area contributed by atoms with Gasteiger partial charge in [-0.25, -0.2) is 0 Å². The fourth-order valence-electron chi connectivity index (χ4n) is 1.82. The van der Waals surface area contributed by atoms with Crippen LogP contribution >= 0.6 is 0 Å². The number of ketones is 1. The van der Waals surface area contributed by atoms with Crippen LogP contribution in [0.25, 0.3) is 6.08 Å². The minimum Gasteiger partial charge on any atom is -0.493 e. The summed E-state index contributed by atoms with van der Waals surface area (Å²) in [7, 11) is 2.57. The van der Waals surface area contributed by atoms with Crippen molar-refractivity contribution in [2.45, 2.75) is 20.5 Å². The molecule has 0 atom stereocenters. The summed E-state index contributed by atoms with van der Waals surface area (Å²) in [6.45, 7) is 0.305. The number of halogens is 2. The molecule has 0 spiro atoms. The van der Waals surface area contributed by atoms with Crippen LogP contribution in [0.15, 0.2) is 17.7 Å². The number of nitriles is 1. The van der Waals surface area contributed by atoms with E-state index in [4.69, 9.17) is 14.7 Å². The van der Waals surface area contributed by atoms with Gasteiger partial charge in [0.1, 0.15) is 6.07 Å². The van der Waals surface area contributed by atoms with E-state index in [0.29, 0.717) is 5.56 Å². The van der Waals surface area contributed by atoms with Crippen molar-refractivity contribution in [1.29, 1.82) is 5.26 Å². The van der Waals surface area contributed by atoms with Crippen LogP contribution in [0.4, 0.5) is 8.78 Å². The number of hydrogen-bond donors (Lipinski definition) is 0. The van der Waals surface area contributed by atoms with Gasteiger partial charge in [0.2, 0.25) is 5.75 Å².